The molecule has 0 radical (unpaired) electrons. The second-order valence-corrected chi connectivity index (χ2v) is 3.40. The van der Waals surface area contributed by atoms with Gasteiger partial charge < -0.3 is 14.6 Å². The molecule has 0 saturated heterocycles. The van der Waals surface area contributed by atoms with Gasteiger partial charge in [-0.3, -0.25) is 4.79 Å². The first kappa shape index (κ1) is 9.58. The zero-order valence-corrected chi connectivity index (χ0v) is 8.15. The Balaban J connectivity index is 2.61. The molecule has 0 unspecified atom stereocenters. The van der Waals surface area contributed by atoms with Crippen molar-refractivity contribution in [1.82, 2.24) is 0 Å². The van der Waals surface area contributed by atoms with Gasteiger partial charge in [-0.15, -0.1) is 0 Å². The van der Waals surface area contributed by atoms with Crippen molar-refractivity contribution in [2.45, 2.75) is 13.3 Å². The molecule has 0 bridgehead atoms. The number of furan rings is 1. The third kappa shape index (κ3) is 1.54. The Kier molecular flexibility index (Phi) is 2.11. The largest absolute Gasteiger partial charge is 0.508 e. The van der Waals surface area contributed by atoms with Crippen LogP contribution < -0.4 is 0 Å². The number of hydrogen-bond donors (Lipinski definition) is 2. The average Bonchev–Trinajstić information content (AvgIpc) is 2.55. The van der Waals surface area contributed by atoms with Crippen molar-refractivity contribution >= 4 is 16.7 Å². The van der Waals surface area contributed by atoms with Crippen molar-refractivity contribution in [2.24, 2.45) is 0 Å². The van der Waals surface area contributed by atoms with Crippen molar-refractivity contribution in [3.05, 3.63) is 29.7 Å². The Bertz CT molecular complexity index is 525. The zero-order chi connectivity index (χ0) is 11.0. The van der Waals surface area contributed by atoms with Crippen LogP contribution in [-0.2, 0) is 11.2 Å². The Morgan fingerprint density at radius 1 is 1.40 bits per heavy atom. The standard InChI is InChI=1S/C11H10O4/c1-6-8-5-15-10(4-11(13)14)7(8)2-3-9(6)12/h2-3,5,12H,4H2,1H3,(H,13,14). The summed E-state index contributed by atoms with van der Waals surface area (Å²) in [5.41, 5.74) is 0.702. The highest BCUT2D eigenvalue weighted by Crippen LogP contribution is 2.29. The molecule has 4 heteroatoms. The SMILES string of the molecule is Cc1c(O)ccc2c(CC(=O)O)occ12. The van der Waals surface area contributed by atoms with Gasteiger partial charge in [0.1, 0.15) is 17.9 Å². The summed E-state index contributed by atoms with van der Waals surface area (Å²) in [5, 5.41) is 19.6. The fraction of sp³-hybridized carbons (Fsp3) is 0.182. The Morgan fingerprint density at radius 3 is 2.80 bits per heavy atom. The van der Waals surface area contributed by atoms with Crippen LogP contribution in [0.1, 0.15) is 11.3 Å². The van der Waals surface area contributed by atoms with Crippen LogP contribution in [0.4, 0.5) is 0 Å². The molecule has 1 aromatic carbocycles. The maximum atomic E-state index is 10.6. The van der Waals surface area contributed by atoms with E-state index in [-0.39, 0.29) is 12.2 Å². The lowest BCUT2D eigenvalue weighted by Gasteiger charge is -1.99. The average molecular weight is 206 g/mol. The number of phenols is 1. The topological polar surface area (TPSA) is 70.7 Å². The number of aliphatic carboxylic acids is 1. The molecule has 78 valence electrons. The molecule has 0 saturated carbocycles. The molecular formula is C11H10O4. The molecule has 2 aromatic rings. The number of hydrogen-bond acceptors (Lipinski definition) is 3. The molecule has 0 aliphatic rings. The molecule has 2 rings (SSSR count). The molecule has 1 heterocycles. The minimum Gasteiger partial charge on any atom is -0.508 e. The van der Waals surface area contributed by atoms with E-state index in [4.69, 9.17) is 9.52 Å². The number of benzene rings is 1. The third-order valence-electron chi connectivity index (χ3n) is 2.42. The summed E-state index contributed by atoms with van der Waals surface area (Å²) in [5.74, 6) is -0.331. The molecular weight excluding hydrogens is 196 g/mol. The highest BCUT2D eigenvalue weighted by atomic mass is 16.4. The van der Waals surface area contributed by atoms with E-state index in [1.807, 2.05) is 0 Å². The van der Waals surface area contributed by atoms with Gasteiger partial charge in [0, 0.05) is 16.3 Å². The molecule has 2 N–H and O–H groups in total. The number of aryl methyl sites for hydroxylation is 1. The van der Waals surface area contributed by atoms with E-state index >= 15 is 0 Å². The third-order valence-corrected chi connectivity index (χ3v) is 2.42. The number of aromatic hydroxyl groups is 1. The summed E-state index contributed by atoms with van der Waals surface area (Å²) in [6.45, 7) is 1.76. The lowest BCUT2D eigenvalue weighted by molar-refractivity contribution is -0.136. The Hall–Kier alpha value is -1.97. The van der Waals surface area contributed by atoms with Gasteiger partial charge in [0.25, 0.3) is 0 Å². The number of fused-ring (bicyclic) bond motifs is 1. The van der Waals surface area contributed by atoms with Gasteiger partial charge >= 0.3 is 5.97 Å². The van der Waals surface area contributed by atoms with E-state index in [9.17, 15) is 9.90 Å². The maximum Gasteiger partial charge on any atom is 0.311 e. The summed E-state index contributed by atoms with van der Waals surface area (Å²) >= 11 is 0. The molecule has 0 atom stereocenters. The van der Waals surface area contributed by atoms with Crippen LogP contribution in [0.15, 0.2) is 22.8 Å². The predicted octanol–water partition coefficient (Wildman–Crippen LogP) is 2.07. The van der Waals surface area contributed by atoms with Gasteiger partial charge in [-0.05, 0) is 19.1 Å². The van der Waals surface area contributed by atoms with Crippen LogP contribution in [0.3, 0.4) is 0 Å². The number of phenolic OH excluding ortho intramolecular Hbond substituents is 1. The van der Waals surface area contributed by atoms with Crippen molar-refractivity contribution < 1.29 is 19.4 Å². The lowest BCUT2D eigenvalue weighted by Crippen LogP contribution is -1.98. The zero-order valence-electron chi connectivity index (χ0n) is 8.15. The molecule has 0 aliphatic carbocycles. The molecule has 0 spiro atoms. The van der Waals surface area contributed by atoms with Crippen molar-refractivity contribution in [3.63, 3.8) is 0 Å². The molecule has 0 aliphatic heterocycles. The smallest absolute Gasteiger partial charge is 0.311 e. The Labute approximate surface area is 85.8 Å². The second-order valence-electron chi connectivity index (χ2n) is 3.40. The van der Waals surface area contributed by atoms with Gasteiger partial charge in [0.05, 0.1) is 6.26 Å². The highest BCUT2D eigenvalue weighted by Gasteiger charge is 2.12. The molecule has 15 heavy (non-hydrogen) atoms. The summed E-state index contributed by atoms with van der Waals surface area (Å²) < 4.78 is 5.17. The number of rotatable bonds is 2. The van der Waals surface area contributed by atoms with Crippen LogP contribution >= 0.6 is 0 Å². The van der Waals surface area contributed by atoms with E-state index in [1.165, 1.54) is 6.26 Å². The van der Waals surface area contributed by atoms with Gasteiger partial charge in [0.2, 0.25) is 0 Å². The summed E-state index contributed by atoms with van der Waals surface area (Å²) in [6.07, 6.45) is 1.33. The molecule has 4 nitrogen and oxygen atoms in total. The number of carboxylic acid groups (broad SMARTS) is 1. The van der Waals surface area contributed by atoms with Gasteiger partial charge in [-0.25, -0.2) is 0 Å². The monoisotopic (exact) mass is 206 g/mol. The minimum atomic E-state index is -0.933. The first-order valence-corrected chi connectivity index (χ1v) is 4.50. The van der Waals surface area contributed by atoms with E-state index in [1.54, 1.807) is 19.1 Å². The molecule has 0 amide bonds. The molecule has 0 fully saturated rings. The van der Waals surface area contributed by atoms with Gasteiger partial charge in [0.15, 0.2) is 0 Å². The molecule has 1 aromatic heterocycles. The van der Waals surface area contributed by atoms with Crippen molar-refractivity contribution in [2.75, 3.05) is 0 Å². The first-order chi connectivity index (χ1) is 7.09. The summed E-state index contributed by atoms with van der Waals surface area (Å²) in [7, 11) is 0. The van der Waals surface area contributed by atoms with Crippen LogP contribution in [0.5, 0.6) is 5.75 Å². The lowest BCUT2D eigenvalue weighted by atomic mass is 10.1. The van der Waals surface area contributed by atoms with Crippen LogP contribution in [0.25, 0.3) is 10.8 Å². The first-order valence-electron chi connectivity index (χ1n) is 4.50. The fourth-order valence-electron chi connectivity index (χ4n) is 1.58. The van der Waals surface area contributed by atoms with Crippen LogP contribution in [-0.4, -0.2) is 16.2 Å². The second kappa shape index (κ2) is 3.31. The number of carbonyl (C=O) groups is 1. The van der Waals surface area contributed by atoms with Crippen molar-refractivity contribution in [1.29, 1.82) is 0 Å². The predicted molar refractivity (Wildman–Crippen MR) is 54.0 cm³/mol. The quantitative estimate of drug-likeness (QED) is 0.789. The minimum absolute atomic E-state index is 0.145. The van der Waals surface area contributed by atoms with Crippen LogP contribution in [0, 0.1) is 6.92 Å². The van der Waals surface area contributed by atoms with E-state index in [0.717, 1.165) is 10.8 Å². The van der Waals surface area contributed by atoms with Gasteiger partial charge in [-0.1, -0.05) is 0 Å². The Morgan fingerprint density at radius 2 is 2.13 bits per heavy atom. The fourth-order valence-corrected chi connectivity index (χ4v) is 1.58. The van der Waals surface area contributed by atoms with E-state index < -0.39 is 5.97 Å². The summed E-state index contributed by atoms with van der Waals surface area (Å²) in [4.78, 5) is 10.6. The van der Waals surface area contributed by atoms with Crippen molar-refractivity contribution in [3.8, 4) is 5.75 Å². The van der Waals surface area contributed by atoms with E-state index in [0.29, 0.717) is 11.3 Å². The summed E-state index contributed by atoms with van der Waals surface area (Å²) in [6, 6.07) is 3.21. The van der Waals surface area contributed by atoms with Crippen LogP contribution in [0.2, 0.25) is 0 Å². The normalized spacial score (nSPS) is 10.7. The number of carboxylic acids is 1. The highest BCUT2D eigenvalue weighted by molar-refractivity contribution is 5.90. The maximum absolute atomic E-state index is 10.6. The van der Waals surface area contributed by atoms with E-state index in [2.05, 4.69) is 0 Å². The van der Waals surface area contributed by atoms with Gasteiger partial charge in [-0.2, -0.15) is 0 Å².